The molecule has 120 heavy (non-hydrogen) atoms. The third-order valence-electron chi connectivity index (χ3n) is 20.3. The number of hydrogen-bond acceptors (Lipinski definition) is 31. The lowest BCUT2D eigenvalue weighted by atomic mass is 9.97. The Morgan fingerprint density at radius 1 is 0.358 bits per heavy atom. The predicted molar refractivity (Wildman–Crippen MR) is 423 cm³/mol. The molecule has 0 bridgehead atoms. The lowest BCUT2D eigenvalue weighted by molar-refractivity contribution is -0.270. The first kappa shape index (κ1) is 105. The molecule has 4 heterocycles. The van der Waals surface area contributed by atoms with Gasteiger partial charge in [-0.05, 0) is 70.6 Å². The van der Waals surface area contributed by atoms with Gasteiger partial charge in [0, 0.05) is 138 Å². The largest absolute Gasteiger partial charge is 0.394 e. The Hall–Kier alpha value is -6.92. The number of likely N-dealkylation sites (tertiary alicyclic amines) is 1. The number of ketones is 1. The van der Waals surface area contributed by atoms with Gasteiger partial charge in [0.15, 0.2) is 24.7 Å². The second kappa shape index (κ2) is 60.6. The molecule has 4 aliphatic rings. The third-order valence-corrected chi connectivity index (χ3v) is 20.3. The summed E-state index contributed by atoms with van der Waals surface area (Å²) < 4.78 is 52.2. The van der Waals surface area contributed by atoms with Gasteiger partial charge >= 0.3 is 0 Å². The number of aliphatic hydroxyl groups is 10. The number of aliphatic hydroxyl groups excluding tert-OH is 10. The van der Waals surface area contributed by atoms with E-state index in [4.69, 9.17) is 42.6 Å². The number of rotatable bonds is 64. The zero-order valence-corrected chi connectivity index (χ0v) is 69.8. The molecule has 11 amide bonds. The summed E-state index contributed by atoms with van der Waals surface area (Å²) in [4.78, 5) is 153. The van der Waals surface area contributed by atoms with Crippen molar-refractivity contribution in [2.24, 2.45) is 0 Å². The van der Waals surface area contributed by atoms with E-state index >= 15 is 0 Å². The smallest absolute Gasteiger partial charge is 0.223 e. The summed E-state index contributed by atoms with van der Waals surface area (Å²) in [7, 11) is 0. The van der Waals surface area contributed by atoms with Crippen LogP contribution in [0.4, 0.5) is 0 Å². The normalized spacial score (nSPS) is 24.6. The van der Waals surface area contributed by atoms with Crippen LogP contribution in [-0.4, -0.2) is 362 Å². The van der Waals surface area contributed by atoms with E-state index in [0.717, 1.165) is 32.1 Å². The van der Waals surface area contributed by atoms with E-state index in [0.29, 0.717) is 83.5 Å². The fraction of sp³-hybridized carbons (Fsp3) is 0.846. The molecule has 0 saturated carbocycles. The van der Waals surface area contributed by atoms with Crippen LogP contribution in [0.25, 0.3) is 0 Å². The maximum Gasteiger partial charge on any atom is 0.223 e. The van der Waals surface area contributed by atoms with Crippen molar-refractivity contribution >= 4 is 70.8 Å². The van der Waals surface area contributed by atoms with E-state index in [1.165, 1.54) is 25.7 Å². The molecule has 0 aromatic heterocycles. The molecule has 0 aromatic rings. The van der Waals surface area contributed by atoms with Crippen molar-refractivity contribution in [3.8, 4) is 0 Å². The quantitative estimate of drug-likeness (QED) is 0.0253. The molecule has 4 rings (SSSR count). The number of nitrogens with one attached hydrogen (secondary N) is 10. The van der Waals surface area contributed by atoms with Crippen molar-refractivity contribution in [2.45, 2.75) is 291 Å². The minimum Gasteiger partial charge on any atom is -0.394 e. The maximum absolute atomic E-state index is 14.0. The van der Waals surface area contributed by atoms with Crippen molar-refractivity contribution in [1.82, 2.24) is 58.1 Å². The van der Waals surface area contributed by atoms with Gasteiger partial charge in [-0.15, -0.1) is 0 Å². The number of Topliss-reactive ketones (excluding diaryl/α,β-unsaturated/α-hetero) is 1. The van der Waals surface area contributed by atoms with E-state index in [2.05, 4.69) is 53.2 Å². The van der Waals surface area contributed by atoms with Crippen molar-refractivity contribution in [2.75, 3.05) is 132 Å². The van der Waals surface area contributed by atoms with E-state index in [-0.39, 0.29) is 216 Å². The van der Waals surface area contributed by atoms with Crippen LogP contribution in [0, 0.1) is 0 Å². The van der Waals surface area contributed by atoms with Crippen LogP contribution < -0.4 is 53.2 Å². The summed E-state index contributed by atoms with van der Waals surface area (Å²) in [6.45, 7) is 1.97. The molecule has 42 heteroatoms. The van der Waals surface area contributed by atoms with Crippen LogP contribution in [-0.2, 0) is 100 Å². The minimum absolute atomic E-state index is 0.0285. The monoisotopic (exact) mass is 1720 g/mol. The van der Waals surface area contributed by atoms with Gasteiger partial charge in [-0.25, -0.2) is 0 Å². The Bertz CT molecular complexity index is 2800. The summed E-state index contributed by atoms with van der Waals surface area (Å²) in [5.41, 5.74) is -1.44. The first-order valence-corrected chi connectivity index (χ1v) is 42.2. The highest BCUT2D eigenvalue weighted by atomic mass is 16.7. The summed E-state index contributed by atoms with van der Waals surface area (Å²) in [5, 5.41) is 128. The lowest BCUT2D eigenvalue weighted by Gasteiger charge is -2.42. The standard InChI is InChI=1S/C78H137N11O31/c1-50(94)85-66-72(109)69(106)55(44-91)118-75(66)115-35-15-12-21-58(98)79-29-18-32-82-61(101)26-38-112-47-78(88-64(104)24-10-8-6-4-5-7-9-11-25-65(105)89-42-54(97)41-53(89)43-90,48-113-39-27-62(102)83-33-19-30-80-59(99)22-13-16-36-116-76-67(86-51(2)95)73(110)70(107)56(45-92)119-76)49-114-40-28-63(103)84-34-20-31-81-60(100)23-14-17-37-117-77-68(87-52(3)96)74(111)71(108)57(46-93)120-77/h53,55-57,66-77,90-93,106-111H,4-49H2,1-3H3,(H,79,98)(H,80,99)(H,81,100)(H,82,101)(H,83,102)(H,84,103)(H,85,94)(H,86,95)(H,87,96)(H,88,104)/t53-,55?,56?,57?,66?,67?,68?,69?,70?,71?,72?,73?,74?,75?,76?,77?,78?/m0/s1. The Kier molecular flexibility index (Phi) is 53.2. The summed E-state index contributed by atoms with van der Waals surface area (Å²) >= 11 is 0. The Balaban J connectivity index is 1.30. The third kappa shape index (κ3) is 42.0. The molecule has 0 aliphatic carbocycles. The zero-order chi connectivity index (χ0) is 88.2. The van der Waals surface area contributed by atoms with Gasteiger partial charge in [0.05, 0.1) is 78.7 Å². The topological polar surface area (TPSA) is 614 Å². The van der Waals surface area contributed by atoms with Crippen molar-refractivity contribution in [3.05, 3.63) is 0 Å². The number of nitrogens with zero attached hydrogens (tertiary/aromatic N) is 1. The highest BCUT2D eigenvalue weighted by molar-refractivity contribution is 5.90. The Morgan fingerprint density at radius 3 is 0.942 bits per heavy atom. The van der Waals surface area contributed by atoms with E-state index in [1.54, 1.807) is 0 Å². The lowest BCUT2D eigenvalue weighted by Crippen LogP contribution is -2.64. The maximum atomic E-state index is 14.0. The molecule has 16 atom stereocenters. The average molecular weight is 1730 g/mol. The van der Waals surface area contributed by atoms with E-state index < -0.39 is 141 Å². The second-order valence-electron chi connectivity index (χ2n) is 30.6. The molecule has 4 fully saturated rings. The van der Waals surface area contributed by atoms with Crippen LogP contribution in [0.1, 0.15) is 188 Å². The molecule has 20 N–H and O–H groups in total. The second-order valence-corrected chi connectivity index (χ2v) is 30.6. The molecule has 0 radical (unpaired) electrons. The molecule has 4 aliphatic heterocycles. The van der Waals surface area contributed by atoms with E-state index in [9.17, 15) is 109 Å². The minimum atomic E-state index is -1.47. The van der Waals surface area contributed by atoms with Crippen molar-refractivity contribution in [1.29, 1.82) is 0 Å². The number of ether oxygens (including phenoxy) is 9. The Morgan fingerprint density at radius 2 is 0.642 bits per heavy atom. The van der Waals surface area contributed by atoms with E-state index in [1.807, 2.05) is 0 Å². The highest BCUT2D eigenvalue weighted by Crippen LogP contribution is 2.27. The first-order chi connectivity index (χ1) is 57.5. The van der Waals surface area contributed by atoms with Gasteiger partial charge in [0.1, 0.15) is 78.6 Å². The van der Waals surface area contributed by atoms with Gasteiger partial charge in [-0.1, -0.05) is 38.5 Å². The summed E-state index contributed by atoms with van der Waals surface area (Å²) in [6, 6.07) is -3.77. The number of unbranched alkanes of at least 4 members (excludes halogenated alkanes) is 10. The van der Waals surface area contributed by atoms with Gasteiger partial charge in [-0.2, -0.15) is 0 Å². The van der Waals surface area contributed by atoms with Gasteiger partial charge in [0.2, 0.25) is 65.0 Å². The first-order valence-electron chi connectivity index (χ1n) is 42.2. The van der Waals surface area contributed by atoms with Crippen LogP contribution >= 0.6 is 0 Å². The van der Waals surface area contributed by atoms with Crippen LogP contribution in [0.15, 0.2) is 0 Å². The molecular weight excluding hydrogens is 1590 g/mol. The fourth-order valence-electron chi connectivity index (χ4n) is 13.6. The van der Waals surface area contributed by atoms with Gasteiger partial charge < -0.3 is 152 Å². The number of hydrogen-bond donors (Lipinski definition) is 20. The van der Waals surface area contributed by atoms with Gasteiger partial charge in [-0.3, -0.25) is 57.5 Å². The average Bonchev–Trinajstić information content (AvgIpc) is 0.999. The zero-order valence-electron chi connectivity index (χ0n) is 69.8. The summed E-state index contributed by atoms with van der Waals surface area (Å²) in [6.07, 6.45) is -5.48. The van der Waals surface area contributed by atoms with Crippen LogP contribution in [0.2, 0.25) is 0 Å². The van der Waals surface area contributed by atoms with Crippen molar-refractivity contribution < 1.29 is 151 Å². The fourth-order valence-corrected chi connectivity index (χ4v) is 13.6. The van der Waals surface area contributed by atoms with Crippen LogP contribution in [0.3, 0.4) is 0 Å². The molecule has 42 nitrogen and oxygen atoms in total. The summed E-state index contributed by atoms with van der Waals surface area (Å²) in [5.74, 6) is -4.01. The number of carbonyl (C=O) groups excluding carboxylic acids is 12. The van der Waals surface area contributed by atoms with Crippen LogP contribution in [0.5, 0.6) is 0 Å². The molecule has 15 unspecified atom stereocenters. The SMILES string of the molecule is CC(=O)NC1C(OCCCCC(=O)NCCCNC(=O)CCOCC(COCCC(=O)NCCCNC(=O)CCCCOC2OC(CO)C(O)C(O)C2NC(C)=O)(COCCC(=O)NCCCNC(=O)CCCCOC2OC(CO)C(O)C(O)C2NC(C)=O)NC(=O)CCCCCCCCCCC(=O)N2CC(=O)C[C@H]2CO)OC(CO)C(O)C1O. The molecular formula is C78H137N11O31. The highest BCUT2D eigenvalue weighted by Gasteiger charge is 2.48. The Labute approximate surface area is 700 Å². The van der Waals surface area contributed by atoms with Crippen molar-refractivity contribution in [3.63, 3.8) is 0 Å². The molecule has 690 valence electrons. The molecule has 0 spiro atoms. The van der Waals surface area contributed by atoms with Gasteiger partial charge in [0.25, 0.3) is 0 Å². The number of carbonyl (C=O) groups is 12. The number of amides is 11. The predicted octanol–water partition coefficient (Wildman–Crippen LogP) is -5.62. The molecule has 4 saturated heterocycles. The molecule has 0 aromatic carbocycles.